The molecule has 0 saturated carbocycles. The van der Waals surface area contributed by atoms with Gasteiger partial charge < -0.3 is 4.57 Å². The number of aromatic nitrogens is 2. The van der Waals surface area contributed by atoms with E-state index in [0.29, 0.717) is 0 Å². The van der Waals surface area contributed by atoms with Gasteiger partial charge in [-0.15, -0.1) is 0 Å². The molecule has 0 radical (unpaired) electrons. The maximum absolute atomic E-state index is 11.0. The van der Waals surface area contributed by atoms with Gasteiger partial charge in [-0.05, 0) is 17.2 Å². The number of amides is 1. The summed E-state index contributed by atoms with van der Waals surface area (Å²) in [6.45, 7) is 0.723. The number of rotatable bonds is 5. The Morgan fingerprint density at radius 1 is 1.12 bits per heavy atom. The Morgan fingerprint density at radius 2 is 1.88 bits per heavy atom. The van der Waals surface area contributed by atoms with Gasteiger partial charge in [-0.25, -0.2) is 10.5 Å². The van der Waals surface area contributed by atoms with E-state index in [-0.39, 0.29) is 0 Å². The molecule has 1 heterocycles. The molecule has 24 heavy (non-hydrogen) atoms. The lowest BCUT2D eigenvalue weighted by molar-refractivity contribution is -0.124. The molecular formula is C19H17N3O2. The third-order valence-electron chi connectivity index (χ3n) is 3.59. The van der Waals surface area contributed by atoms with Crippen molar-refractivity contribution in [1.29, 1.82) is 0 Å². The van der Waals surface area contributed by atoms with E-state index in [9.17, 15) is 4.79 Å². The summed E-state index contributed by atoms with van der Waals surface area (Å²) < 4.78 is 2.03. The molecule has 1 amide bonds. The van der Waals surface area contributed by atoms with Crippen LogP contribution in [0, 0.1) is 0 Å². The first-order valence-electron chi connectivity index (χ1n) is 7.53. The smallest absolute Gasteiger partial charge is 0.267 e. The molecule has 0 fully saturated rings. The molecule has 5 heteroatoms. The molecule has 0 atom stereocenters. The molecule has 2 N–H and O–H groups in total. The van der Waals surface area contributed by atoms with E-state index in [1.165, 1.54) is 6.08 Å². The SMILES string of the molecule is O=C(/C=C/c1ccc(Cn2cnc(-c3ccccc3)c2)cc1)NO. The first-order valence-corrected chi connectivity index (χ1v) is 7.53. The van der Waals surface area contributed by atoms with Crippen LogP contribution in [0.1, 0.15) is 11.1 Å². The van der Waals surface area contributed by atoms with Crippen molar-refractivity contribution >= 4 is 12.0 Å². The highest BCUT2D eigenvalue weighted by Crippen LogP contribution is 2.17. The Kier molecular flexibility index (Phi) is 4.84. The highest BCUT2D eigenvalue weighted by molar-refractivity contribution is 5.90. The maximum atomic E-state index is 11.0. The fraction of sp³-hybridized carbons (Fsp3) is 0.0526. The van der Waals surface area contributed by atoms with E-state index in [1.54, 1.807) is 11.6 Å². The van der Waals surface area contributed by atoms with Crippen LogP contribution in [0.2, 0.25) is 0 Å². The Morgan fingerprint density at radius 3 is 2.58 bits per heavy atom. The second-order valence-electron chi connectivity index (χ2n) is 5.35. The molecule has 1 aromatic heterocycles. The number of carbonyl (C=O) groups is 1. The minimum atomic E-state index is -0.550. The van der Waals surface area contributed by atoms with Crippen LogP contribution in [0.5, 0.6) is 0 Å². The zero-order valence-electron chi connectivity index (χ0n) is 13.0. The van der Waals surface area contributed by atoms with E-state index < -0.39 is 5.91 Å². The van der Waals surface area contributed by atoms with Gasteiger partial charge in [0.15, 0.2) is 0 Å². The summed E-state index contributed by atoms with van der Waals surface area (Å²) in [5.74, 6) is -0.550. The summed E-state index contributed by atoms with van der Waals surface area (Å²) in [4.78, 5) is 15.4. The molecule has 0 aliphatic rings. The van der Waals surface area contributed by atoms with Gasteiger partial charge in [0.1, 0.15) is 0 Å². The topological polar surface area (TPSA) is 67.2 Å². The zero-order chi connectivity index (χ0) is 16.8. The minimum Gasteiger partial charge on any atom is -0.332 e. The molecular weight excluding hydrogens is 302 g/mol. The van der Waals surface area contributed by atoms with Crippen molar-refractivity contribution in [2.45, 2.75) is 6.54 Å². The third-order valence-corrected chi connectivity index (χ3v) is 3.59. The van der Waals surface area contributed by atoms with Crippen molar-refractivity contribution in [2.75, 3.05) is 0 Å². The number of hydrogen-bond donors (Lipinski definition) is 2. The number of hydrogen-bond acceptors (Lipinski definition) is 3. The summed E-state index contributed by atoms with van der Waals surface area (Å²) in [6.07, 6.45) is 6.76. The first-order chi connectivity index (χ1) is 11.7. The van der Waals surface area contributed by atoms with Gasteiger partial charge in [-0.1, -0.05) is 54.6 Å². The van der Waals surface area contributed by atoms with Gasteiger partial charge in [0.05, 0.1) is 12.0 Å². The van der Waals surface area contributed by atoms with Gasteiger partial charge in [-0.2, -0.15) is 0 Å². The van der Waals surface area contributed by atoms with Crippen LogP contribution in [0.3, 0.4) is 0 Å². The first kappa shape index (κ1) is 15.7. The molecule has 0 unspecified atom stereocenters. The van der Waals surface area contributed by atoms with Crippen LogP contribution in [0.15, 0.2) is 73.2 Å². The summed E-state index contributed by atoms with van der Waals surface area (Å²) in [6, 6.07) is 17.9. The standard InChI is InChI=1S/C19H17N3O2/c23-19(21-24)11-10-15-6-8-16(9-7-15)12-22-13-18(20-14-22)17-4-2-1-3-5-17/h1-11,13-14,24H,12H2,(H,21,23)/b11-10+. The van der Waals surface area contributed by atoms with Crippen molar-refractivity contribution in [3.63, 3.8) is 0 Å². The van der Waals surface area contributed by atoms with E-state index in [1.807, 2.05) is 71.7 Å². The van der Waals surface area contributed by atoms with Crippen LogP contribution in [0.4, 0.5) is 0 Å². The van der Waals surface area contributed by atoms with Gasteiger partial charge in [0, 0.05) is 24.4 Å². The van der Waals surface area contributed by atoms with Crippen LogP contribution in [0.25, 0.3) is 17.3 Å². The molecule has 0 bridgehead atoms. The molecule has 3 aromatic rings. The van der Waals surface area contributed by atoms with Crippen LogP contribution < -0.4 is 5.48 Å². The minimum absolute atomic E-state index is 0.550. The highest BCUT2D eigenvalue weighted by atomic mass is 16.5. The van der Waals surface area contributed by atoms with Gasteiger partial charge in [0.2, 0.25) is 0 Å². The van der Waals surface area contributed by atoms with Crippen LogP contribution in [-0.2, 0) is 11.3 Å². The zero-order valence-corrected chi connectivity index (χ0v) is 13.0. The van der Waals surface area contributed by atoms with E-state index in [0.717, 1.165) is 28.9 Å². The van der Waals surface area contributed by atoms with Crippen LogP contribution >= 0.6 is 0 Å². The van der Waals surface area contributed by atoms with Crippen molar-refractivity contribution < 1.29 is 10.0 Å². The fourth-order valence-electron chi connectivity index (χ4n) is 2.36. The predicted molar refractivity (Wildman–Crippen MR) is 92.2 cm³/mol. The average Bonchev–Trinajstić information content (AvgIpc) is 3.10. The third kappa shape index (κ3) is 3.97. The monoisotopic (exact) mass is 319 g/mol. The van der Waals surface area contributed by atoms with Crippen LogP contribution in [-0.4, -0.2) is 20.7 Å². The maximum Gasteiger partial charge on any atom is 0.267 e. The molecule has 5 nitrogen and oxygen atoms in total. The number of hydroxylamine groups is 1. The van der Waals surface area contributed by atoms with Crippen molar-refractivity contribution in [2.24, 2.45) is 0 Å². The molecule has 3 rings (SSSR count). The second kappa shape index (κ2) is 7.39. The number of imidazole rings is 1. The van der Waals surface area contributed by atoms with Crippen molar-refractivity contribution in [3.8, 4) is 11.3 Å². The average molecular weight is 319 g/mol. The van der Waals surface area contributed by atoms with Gasteiger partial charge >= 0.3 is 0 Å². The quantitative estimate of drug-likeness (QED) is 0.431. The number of nitrogens with one attached hydrogen (secondary N) is 1. The molecule has 0 aliphatic heterocycles. The summed E-state index contributed by atoms with van der Waals surface area (Å²) in [5, 5.41) is 8.45. The Labute approximate surface area is 139 Å². The van der Waals surface area contributed by atoms with E-state index in [4.69, 9.17) is 5.21 Å². The summed E-state index contributed by atoms with van der Waals surface area (Å²) >= 11 is 0. The number of nitrogens with zero attached hydrogens (tertiary/aromatic N) is 2. The number of carbonyl (C=O) groups excluding carboxylic acids is 1. The fourth-order valence-corrected chi connectivity index (χ4v) is 2.36. The molecule has 0 spiro atoms. The lowest BCUT2D eigenvalue weighted by atomic mass is 10.1. The lowest BCUT2D eigenvalue weighted by Crippen LogP contribution is -2.14. The normalized spacial score (nSPS) is 10.9. The predicted octanol–water partition coefficient (Wildman–Crippen LogP) is 3.12. The lowest BCUT2D eigenvalue weighted by Gasteiger charge is -2.03. The summed E-state index contributed by atoms with van der Waals surface area (Å²) in [7, 11) is 0. The largest absolute Gasteiger partial charge is 0.332 e. The molecule has 0 aliphatic carbocycles. The summed E-state index contributed by atoms with van der Waals surface area (Å²) in [5.41, 5.74) is 5.63. The van der Waals surface area contributed by atoms with Gasteiger partial charge in [-0.3, -0.25) is 10.0 Å². The Hall–Kier alpha value is -3.18. The second-order valence-corrected chi connectivity index (χ2v) is 5.35. The molecule has 0 saturated heterocycles. The Balaban J connectivity index is 1.67. The van der Waals surface area contributed by atoms with Crippen molar-refractivity contribution in [1.82, 2.24) is 15.0 Å². The molecule has 120 valence electrons. The number of benzene rings is 2. The van der Waals surface area contributed by atoms with Crippen molar-refractivity contribution in [3.05, 3.63) is 84.3 Å². The van der Waals surface area contributed by atoms with E-state index >= 15 is 0 Å². The van der Waals surface area contributed by atoms with Gasteiger partial charge in [0.25, 0.3) is 5.91 Å². The Bertz CT molecular complexity index is 837. The molecule has 2 aromatic carbocycles. The van der Waals surface area contributed by atoms with E-state index in [2.05, 4.69) is 4.98 Å². The highest BCUT2D eigenvalue weighted by Gasteiger charge is 2.02.